The molecule has 3 heteroatoms. The van der Waals surface area contributed by atoms with Crippen molar-refractivity contribution in [3.05, 3.63) is 23.8 Å². The summed E-state index contributed by atoms with van der Waals surface area (Å²) in [6.45, 7) is 5.55. The first-order valence-electron chi connectivity index (χ1n) is 7.68. The summed E-state index contributed by atoms with van der Waals surface area (Å²) < 4.78 is 10.9. The van der Waals surface area contributed by atoms with Gasteiger partial charge in [0.2, 0.25) is 0 Å². The molecule has 1 unspecified atom stereocenters. The fourth-order valence-electron chi connectivity index (χ4n) is 2.66. The molecular weight excluding hydrogens is 250 g/mol. The van der Waals surface area contributed by atoms with Gasteiger partial charge in [0.25, 0.3) is 0 Å². The third kappa shape index (κ3) is 4.41. The van der Waals surface area contributed by atoms with E-state index in [1.807, 2.05) is 0 Å². The van der Waals surface area contributed by atoms with Gasteiger partial charge in [-0.2, -0.15) is 0 Å². The molecule has 1 aliphatic carbocycles. The van der Waals surface area contributed by atoms with Crippen molar-refractivity contribution < 1.29 is 9.47 Å². The summed E-state index contributed by atoms with van der Waals surface area (Å²) in [5, 5.41) is 3.60. The Morgan fingerprint density at radius 3 is 2.75 bits per heavy atom. The molecule has 20 heavy (non-hydrogen) atoms. The van der Waals surface area contributed by atoms with Crippen LogP contribution in [0.15, 0.2) is 18.2 Å². The SMILES string of the molecule is COCCOc1cc(C)ccc1NC(C)CC1CCC1. The van der Waals surface area contributed by atoms with Crippen molar-refractivity contribution in [2.45, 2.75) is 45.6 Å². The van der Waals surface area contributed by atoms with Crippen molar-refractivity contribution in [1.29, 1.82) is 0 Å². The largest absolute Gasteiger partial charge is 0.489 e. The highest BCUT2D eigenvalue weighted by Crippen LogP contribution is 2.32. The Balaban J connectivity index is 1.93. The van der Waals surface area contributed by atoms with E-state index in [-0.39, 0.29) is 0 Å². The van der Waals surface area contributed by atoms with Gasteiger partial charge in [-0.05, 0) is 43.9 Å². The predicted molar refractivity (Wildman–Crippen MR) is 83.6 cm³/mol. The molecule has 1 atom stereocenters. The molecule has 0 amide bonds. The van der Waals surface area contributed by atoms with Crippen LogP contribution in [0.1, 0.15) is 38.2 Å². The third-order valence-electron chi connectivity index (χ3n) is 4.00. The Morgan fingerprint density at radius 1 is 1.30 bits per heavy atom. The van der Waals surface area contributed by atoms with Crippen LogP contribution in [0.3, 0.4) is 0 Å². The topological polar surface area (TPSA) is 30.5 Å². The van der Waals surface area contributed by atoms with Gasteiger partial charge in [0.1, 0.15) is 12.4 Å². The van der Waals surface area contributed by atoms with Crippen LogP contribution in [-0.2, 0) is 4.74 Å². The summed E-state index contributed by atoms with van der Waals surface area (Å²) in [5.74, 6) is 1.85. The monoisotopic (exact) mass is 277 g/mol. The average Bonchev–Trinajstić information content (AvgIpc) is 2.37. The molecule has 1 saturated carbocycles. The molecule has 1 N–H and O–H groups in total. The zero-order valence-electron chi connectivity index (χ0n) is 12.9. The van der Waals surface area contributed by atoms with Crippen molar-refractivity contribution in [2.75, 3.05) is 25.6 Å². The molecule has 0 saturated heterocycles. The number of benzene rings is 1. The number of hydrogen-bond acceptors (Lipinski definition) is 3. The lowest BCUT2D eigenvalue weighted by Gasteiger charge is -2.29. The quantitative estimate of drug-likeness (QED) is 0.728. The van der Waals surface area contributed by atoms with E-state index in [0.717, 1.165) is 17.4 Å². The summed E-state index contributed by atoms with van der Waals surface area (Å²) in [6.07, 6.45) is 5.47. The summed E-state index contributed by atoms with van der Waals surface area (Å²) in [7, 11) is 1.69. The summed E-state index contributed by atoms with van der Waals surface area (Å²) in [4.78, 5) is 0. The predicted octanol–water partition coefficient (Wildman–Crippen LogP) is 4.01. The van der Waals surface area contributed by atoms with Crippen LogP contribution in [0.5, 0.6) is 5.75 Å². The molecule has 112 valence electrons. The number of rotatable bonds is 8. The van der Waals surface area contributed by atoms with E-state index in [0.29, 0.717) is 19.3 Å². The highest BCUT2D eigenvalue weighted by Gasteiger charge is 2.20. The number of nitrogens with one attached hydrogen (secondary N) is 1. The van der Waals surface area contributed by atoms with Gasteiger partial charge < -0.3 is 14.8 Å². The van der Waals surface area contributed by atoms with E-state index in [1.54, 1.807) is 7.11 Å². The zero-order chi connectivity index (χ0) is 14.4. The van der Waals surface area contributed by atoms with Crippen LogP contribution in [0.2, 0.25) is 0 Å². The lowest BCUT2D eigenvalue weighted by Crippen LogP contribution is -2.23. The van der Waals surface area contributed by atoms with E-state index in [9.17, 15) is 0 Å². The third-order valence-corrected chi connectivity index (χ3v) is 4.00. The van der Waals surface area contributed by atoms with E-state index in [2.05, 4.69) is 37.4 Å². The van der Waals surface area contributed by atoms with Crippen molar-refractivity contribution in [3.8, 4) is 5.75 Å². The van der Waals surface area contributed by atoms with Gasteiger partial charge in [0, 0.05) is 13.2 Å². The lowest BCUT2D eigenvalue weighted by atomic mass is 9.81. The molecule has 0 bridgehead atoms. The standard InChI is InChI=1S/C17H27NO2/c1-13-7-8-16(17(11-13)20-10-9-19-3)18-14(2)12-15-5-4-6-15/h7-8,11,14-15,18H,4-6,9-10,12H2,1-3H3. The maximum atomic E-state index is 5.82. The van der Waals surface area contributed by atoms with Gasteiger partial charge in [-0.1, -0.05) is 25.3 Å². The minimum Gasteiger partial charge on any atom is -0.489 e. The molecule has 1 aliphatic rings. The second kappa shape index (κ2) is 7.53. The van der Waals surface area contributed by atoms with Gasteiger partial charge >= 0.3 is 0 Å². The van der Waals surface area contributed by atoms with E-state index in [4.69, 9.17) is 9.47 Å². The first-order chi connectivity index (χ1) is 9.69. The molecule has 0 radical (unpaired) electrons. The van der Waals surface area contributed by atoms with Gasteiger partial charge in [0.05, 0.1) is 12.3 Å². The Hall–Kier alpha value is -1.22. The molecule has 1 aromatic carbocycles. The van der Waals surface area contributed by atoms with Gasteiger partial charge in [0.15, 0.2) is 0 Å². The molecule has 0 aromatic heterocycles. The van der Waals surface area contributed by atoms with Crippen LogP contribution in [0, 0.1) is 12.8 Å². The van der Waals surface area contributed by atoms with Crippen LogP contribution in [0.4, 0.5) is 5.69 Å². The Morgan fingerprint density at radius 2 is 2.10 bits per heavy atom. The van der Waals surface area contributed by atoms with Crippen molar-refractivity contribution in [1.82, 2.24) is 0 Å². The van der Waals surface area contributed by atoms with Gasteiger partial charge in [-0.25, -0.2) is 0 Å². The highest BCUT2D eigenvalue weighted by atomic mass is 16.5. The van der Waals surface area contributed by atoms with E-state index >= 15 is 0 Å². The van der Waals surface area contributed by atoms with Crippen LogP contribution in [-0.4, -0.2) is 26.4 Å². The number of anilines is 1. The van der Waals surface area contributed by atoms with Crippen molar-refractivity contribution in [3.63, 3.8) is 0 Å². The number of ether oxygens (including phenoxy) is 2. The smallest absolute Gasteiger partial charge is 0.142 e. The number of hydrogen-bond donors (Lipinski definition) is 1. The Labute approximate surface area is 122 Å². The van der Waals surface area contributed by atoms with Gasteiger partial charge in [-0.15, -0.1) is 0 Å². The zero-order valence-corrected chi connectivity index (χ0v) is 12.9. The summed E-state index contributed by atoms with van der Waals surface area (Å²) in [6, 6.07) is 6.83. The molecule has 3 nitrogen and oxygen atoms in total. The molecule has 0 spiro atoms. The minimum absolute atomic E-state index is 0.493. The second-order valence-electron chi connectivity index (χ2n) is 5.92. The van der Waals surface area contributed by atoms with Crippen molar-refractivity contribution in [2.24, 2.45) is 5.92 Å². The van der Waals surface area contributed by atoms with Crippen LogP contribution in [0.25, 0.3) is 0 Å². The summed E-state index contributed by atoms with van der Waals surface area (Å²) >= 11 is 0. The molecular formula is C17H27NO2. The fraction of sp³-hybridized carbons (Fsp3) is 0.647. The molecule has 1 aromatic rings. The normalized spacial score (nSPS) is 16.6. The van der Waals surface area contributed by atoms with Crippen LogP contribution >= 0.6 is 0 Å². The Kier molecular flexibility index (Phi) is 5.72. The molecule has 1 fully saturated rings. The molecule has 0 aliphatic heterocycles. The maximum absolute atomic E-state index is 5.82. The average molecular weight is 277 g/mol. The summed E-state index contributed by atoms with van der Waals surface area (Å²) in [5.41, 5.74) is 2.31. The molecule has 2 rings (SSSR count). The molecule has 0 heterocycles. The van der Waals surface area contributed by atoms with E-state index in [1.165, 1.54) is 31.2 Å². The van der Waals surface area contributed by atoms with Crippen molar-refractivity contribution >= 4 is 5.69 Å². The number of methoxy groups -OCH3 is 1. The maximum Gasteiger partial charge on any atom is 0.142 e. The number of aryl methyl sites for hydroxylation is 1. The minimum atomic E-state index is 0.493. The first-order valence-corrected chi connectivity index (χ1v) is 7.68. The van der Waals surface area contributed by atoms with Crippen LogP contribution < -0.4 is 10.1 Å². The van der Waals surface area contributed by atoms with E-state index < -0.39 is 0 Å². The lowest BCUT2D eigenvalue weighted by molar-refractivity contribution is 0.146. The first kappa shape index (κ1) is 15.2. The highest BCUT2D eigenvalue weighted by molar-refractivity contribution is 5.58. The Bertz CT molecular complexity index is 415. The fourth-order valence-corrected chi connectivity index (χ4v) is 2.66. The second-order valence-corrected chi connectivity index (χ2v) is 5.92. The van der Waals surface area contributed by atoms with Gasteiger partial charge in [-0.3, -0.25) is 0 Å².